The summed E-state index contributed by atoms with van der Waals surface area (Å²) in [6, 6.07) is 17.7. The van der Waals surface area contributed by atoms with Crippen LogP contribution in [0.2, 0.25) is 0 Å². The number of ether oxygens (including phenoxy) is 1. The molecule has 31 heavy (non-hydrogen) atoms. The third-order valence-corrected chi connectivity index (χ3v) is 6.63. The van der Waals surface area contributed by atoms with E-state index < -0.39 is 0 Å². The molecule has 1 N–H and O–H groups in total. The minimum atomic E-state index is -0.228. The van der Waals surface area contributed by atoms with E-state index in [2.05, 4.69) is 10.2 Å². The lowest BCUT2D eigenvalue weighted by Gasteiger charge is -2.28. The first-order valence-corrected chi connectivity index (χ1v) is 11.6. The van der Waals surface area contributed by atoms with E-state index in [0.717, 1.165) is 40.1 Å². The highest BCUT2D eigenvalue weighted by atomic mass is 32.2. The van der Waals surface area contributed by atoms with Crippen molar-refractivity contribution in [1.82, 2.24) is 10.2 Å². The number of nitrogens with zero attached hydrogens (tertiary/aromatic N) is 3. The summed E-state index contributed by atoms with van der Waals surface area (Å²) in [5.41, 5.74) is 3.46. The number of amidine groups is 1. The lowest BCUT2D eigenvalue weighted by Crippen LogP contribution is -2.40. The molecule has 2 aliphatic heterocycles. The zero-order valence-electron chi connectivity index (χ0n) is 17.3. The van der Waals surface area contributed by atoms with Gasteiger partial charge in [0, 0.05) is 18.8 Å². The van der Waals surface area contributed by atoms with Crippen LogP contribution < -0.4 is 5.32 Å². The number of carbonyl (C=O) groups excluding carboxylic acids is 1. The largest absolute Gasteiger partial charge is 0.378 e. The molecule has 4 rings (SSSR count). The number of carbonyl (C=O) groups is 1. The smallest absolute Gasteiger partial charge is 0.235 e. The maximum Gasteiger partial charge on any atom is 0.235 e. The monoisotopic (exact) mass is 452 g/mol. The van der Waals surface area contributed by atoms with Crippen LogP contribution in [-0.2, 0) is 9.53 Å². The zero-order valence-corrected chi connectivity index (χ0v) is 18.9. The fraction of sp³-hybridized carbons (Fsp3) is 0.304. The van der Waals surface area contributed by atoms with Crippen LogP contribution in [0.5, 0.6) is 0 Å². The summed E-state index contributed by atoms with van der Waals surface area (Å²) < 4.78 is 6.09. The van der Waals surface area contributed by atoms with Crippen molar-refractivity contribution in [3.8, 4) is 0 Å². The minimum Gasteiger partial charge on any atom is -0.378 e. The van der Waals surface area contributed by atoms with Crippen molar-refractivity contribution in [3.63, 3.8) is 0 Å². The average Bonchev–Trinajstić information content (AvgIpc) is 2.93. The molecule has 1 amide bonds. The summed E-state index contributed by atoms with van der Waals surface area (Å²) >= 11 is 6.87. The van der Waals surface area contributed by atoms with Crippen molar-refractivity contribution in [2.75, 3.05) is 32.1 Å². The van der Waals surface area contributed by atoms with Crippen LogP contribution in [0.3, 0.4) is 0 Å². The quantitative estimate of drug-likeness (QED) is 0.711. The Hall–Kier alpha value is -2.55. The minimum absolute atomic E-state index is 0.132. The molecule has 160 valence electrons. The number of aliphatic imine (C=N–C) groups is 2. The predicted molar refractivity (Wildman–Crippen MR) is 131 cm³/mol. The van der Waals surface area contributed by atoms with Crippen molar-refractivity contribution in [1.29, 1.82) is 0 Å². The third-order valence-electron chi connectivity index (χ3n) is 5.11. The third kappa shape index (κ3) is 5.39. The Morgan fingerprint density at radius 2 is 1.74 bits per heavy atom. The topological polar surface area (TPSA) is 66.3 Å². The first kappa shape index (κ1) is 21.7. The normalized spacial score (nSPS) is 18.4. The Morgan fingerprint density at radius 3 is 2.45 bits per heavy atom. The maximum absolute atomic E-state index is 12.9. The number of hydrogen-bond donors (Lipinski definition) is 1. The summed E-state index contributed by atoms with van der Waals surface area (Å²) in [6.45, 7) is 4.84. The van der Waals surface area contributed by atoms with E-state index in [1.54, 1.807) is 0 Å². The van der Waals surface area contributed by atoms with Gasteiger partial charge in [-0.25, -0.2) is 4.99 Å². The molecular formula is C23H24N4O2S2. The molecule has 2 aromatic rings. The van der Waals surface area contributed by atoms with Crippen LogP contribution in [-0.4, -0.2) is 58.7 Å². The van der Waals surface area contributed by atoms with Crippen LogP contribution in [0.4, 0.5) is 11.4 Å². The lowest BCUT2D eigenvalue weighted by atomic mass is 9.93. The van der Waals surface area contributed by atoms with Crippen LogP contribution in [0, 0.1) is 0 Å². The molecule has 2 aromatic carbocycles. The van der Waals surface area contributed by atoms with Gasteiger partial charge in [-0.2, -0.15) is 0 Å². The molecule has 2 aliphatic rings. The molecule has 1 atom stereocenters. The van der Waals surface area contributed by atoms with Crippen LogP contribution in [0.1, 0.15) is 18.4 Å². The first-order valence-electron chi connectivity index (χ1n) is 10.2. The van der Waals surface area contributed by atoms with Gasteiger partial charge in [-0.1, -0.05) is 66.4 Å². The number of para-hydroxylation sites is 2. The van der Waals surface area contributed by atoms with Gasteiger partial charge in [-0.3, -0.25) is 9.79 Å². The number of amides is 1. The molecular weight excluding hydrogens is 428 g/mol. The number of benzene rings is 2. The molecule has 2 heterocycles. The summed E-state index contributed by atoms with van der Waals surface area (Å²) in [6.07, 6.45) is 0. The highest BCUT2D eigenvalue weighted by Gasteiger charge is 2.26. The van der Waals surface area contributed by atoms with Crippen LogP contribution in [0.25, 0.3) is 0 Å². The molecule has 8 heteroatoms. The maximum atomic E-state index is 12.9. The Bertz CT molecular complexity index is 1020. The molecule has 0 spiro atoms. The van der Waals surface area contributed by atoms with Gasteiger partial charge in [0.25, 0.3) is 0 Å². The number of hydrogen-bond acceptors (Lipinski definition) is 6. The number of nitrogens with one attached hydrogen (secondary N) is 1. The number of rotatable bonds is 3. The van der Waals surface area contributed by atoms with Gasteiger partial charge < -0.3 is 15.0 Å². The number of thioether (sulfide) groups is 1. The van der Waals surface area contributed by atoms with Crippen molar-refractivity contribution < 1.29 is 9.53 Å². The number of thiocarbonyl (C=S) groups is 1. The molecule has 1 saturated heterocycles. The standard InChI is InChI=1S/C23H24N4O2S2/c1-16-21(17-7-3-2-4-8-17)22(25-19-10-6-5-9-18(19)24-16)26-20(28)15-31-23(30)27-11-13-29-14-12-27/h2-10,21H,11-15H2,1H3,(H,25,26,28)/t21-/m1/s1. The Labute approximate surface area is 191 Å². The molecule has 0 aliphatic carbocycles. The van der Waals surface area contributed by atoms with Crippen molar-refractivity contribution >= 4 is 57.1 Å². The molecule has 0 saturated carbocycles. The van der Waals surface area contributed by atoms with Gasteiger partial charge in [-0.15, -0.1) is 0 Å². The van der Waals surface area contributed by atoms with Gasteiger partial charge in [0.15, 0.2) is 0 Å². The summed E-state index contributed by atoms with van der Waals surface area (Å²) in [5.74, 6) is 0.454. The van der Waals surface area contributed by atoms with Gasteiger partial charge in [0.2, 0.25) is 5.91 Å². The second kappa shape index (κ2) is 10.2. The van der Waals surface area contributed by atoms with E-state index in [4.69, 9.17) is 26.9 Å². The van der Waals surface area contributed by atoms with Crippen molar-refractivity contribution in [2.45, 2.75) is 12.8 Å². The van der Waals surface area contributed by atoms with Gasteiger partial charge in [0.05, 0.1) is 36.3 Å². The van der Waals surface area contributed by atoms with E-state index in [1.165, 1.54) is 11.8 Å². The predicted octanol–water partition coefficient (Wildman–Crippen LogP) is 4.07. The van der Waals surface area contributed by atoms with Crippen molar-refractivity contribution in [2.24, 2.45) is 9.98 Å². The van der Waals surface area contributed by atoms with E-state index in [0.29, 0.717) is 19.0 Å². The van der Waals surface area contributed by atoms with Crippen molar-refractivity contribution in [3.05, 3.63) is 60.2 Å². The van der Waals surface area contributed by atoms with Gasteiger partial charge in [-0.05, 0) is 24.6 Å². The average molecular weight is 453 g/mol. The Balaban J connectivity index is 1.53. The Morgan fingerprint density at radius 1 is 1.10 bits per heavy atom. The van der Waals surface area contributed by atoms with Gasteiger partial charge in [0.1, 0.15) is 10.2 Å². The second-order valence-corrected chi connectivity index (χ2v) is 8.89. The lowest BCUT2D eigenvalue weighted by molar-refractivity contribution is -0.117. The molecule has 0 aromatic heterocycles. The van der Waals surface area contributed by atoms with E-state index in [1.807, 2.05) is 61.5 Å². The highest BCUT2D eigenvalue weighted by molar-refractivity contribution is 8.23. The number of fused-ring (bicyclic) bond motifs is 1. The Kier molecular flexibility index (Phi) is 7.11. The van der Waals surface area contributed by atoms with Gasteiger partial charge >= 0.3 is 0 Å². The van der Waals surface area contributed by atoms with E-state index >= 15 is 0 Å². The molecule has 0 radical (unpaired) electrons. The van der Waals surface area contributed by atoms with Crippen LogP contribution >= 0.6 is 24.0 Å². The molecule has 1 fully saturated rings. The highest BCUT2D eigenvalue weighted by Crippen LogP contribution is 2.34. The van der Waals surface area contributed by atoms with E-state index in [9.17, 15) is 4.79 Å². The first-order chi connectivity index (χ1) is 15.1. The zero-order chi connectivity index (χ0) is 21.6. The van der Waals surface area contributed by atoms with E-state index in [-0.39, 0.29) is 17.6 Å². The summed E-state index contributed by atoms with van der Waals surface area (Å²) in [5, 5.41) is 3.04. The second-order valence-electron chi connectivity index (χ2n) is 7.28. The summed E-state index contributed by atoms with van der Waals surface area (Å²) in [4.78, 5) is 24.5. The fourth-order valence-electron chi connectivity index (χ4n) is 3.59. The summed E-state index contributed by atoms with van der Waals surface area (Å²) in [7, 11) is 0. The molecule has 0 unspecified atom stereocenters. The SMILES string of the molecule is CC1=Nc2ccccc2N=C(NC(=O)CSC(=S)N2CCOCC2)[C@H]1c1ccccc1. The molecule has 6 nitrogen and oxygen atoms in total. The van der Waals surface area contributed by atoms with Crippen LogP contribution in [0.15, 0.2) is 64.6 Å². The molecule has 0 bridgehead atoms. The number of morpholine rings is 1. The fourth-order valence-corrected chi connectivity index (χ4v) is 4.64.